The van der Waals surface area contributed by atoms with Gasteiger partial charge in [-0.25, -0.2) is 4.39 Å². The highest BCUT2D eigenvalue weighted by Crippen LogP contribution is 2.30. The molecule has 0 unspecified atom stereocenters. The van der Waals surface area contributed by atoms with Gasteiger partial charge in [-0.15, -0.1) is 11.3 Å². The van der Waals surface area contributed by atoms with E-state index >= 15 is 0 Å². The van der Waals surface area contributed by atoms with Crippen LogP contribution in [0.2, 0.25) is 5.02 Å². The second kappa shape index (κ2) is 10.6. The Hall–Kier alpha value is -2.19. The third kappa shape index (κ3) is 5.78. The van der Waals surface area contributed by atoms with Crippen LogP contribution in [0.3, 0.4) is 0 Å². The lowest BCUT2D eigenvalue weighted by Gasteiger charge is -2.42. The van der Waals surface area contributed by atoms with Crippen molar-refractivity contribution in [1.29, 1.82) is 0 Å². The van der Waals surface area contributed by atoms with Crippen molar-refractivity contribution in [3.05, 3.63) is 81.8 Å². The lowest BCUT2D eigenvalue weighted by atomic mass is 10.0. The fourth-order valence-corrected chi connectivity index (χ4v) is 5.59. The molecule has 1 aliphatic heterocycles. The number of nitrogens with one attached hydrogen (secondary N) is 2. The van der Waals surface area contributed by atoms with Gasteiger partial charge in [-0.2, -0.15) is 0 Å². The number of piperazine rings is 1. The smallest absolute Gasteiger partial charge is 0.171 e. The quantitative estimate of drug-likeness (QED) is 0.429. The van der Waals surface area contributed by atoms with E-state index in [2.05, 4.69) is 44.9 Å². The fourth-order valence-electron chi connectivity index (χ4n) is 4.13. The van der Waals surface area contributed by atoms with Gasteiger partial charge in [-0.1, -0.05) is 23.7 Å². The second-order valence-electron chi connectivity index (χ2n) is 7.86. The Bertz CT molecular complexity index is 1020. The van der Waals surface area contributed by atoms with Gasteiger partial charge in [0.2, 0.25) is 0 Å². The summed E-state index contributed by atoms with van der Waals surface area (Å²) in [4.78, 5) is 6.13. The first kappa shape index (κ1) is 23.0. The molecule has 1 aromatic heterocycles. The minimum atomic E-state index is -0.201. The maximum atomic E-state index is 13.3. The Morgan fingerprint density at radius 2 is 1.81 bits per heavy atom. The summed E-state index contributed by atoms with van der Waals surface area (Å²) in [7, 11) is 0. The largest absolute Gasteiger partial charge is 0.369 e. The Balaban J connectivity index is 1.41. The molecule has 8 heteroatoms. The van der Waals surface area contributed by atoms with Crippen molar-refractivity contribution >= 4 is 51.6 Å². The van der Waals surface area contributed by atoms with Crippen LogP contribution in [0, 0.1) is 5.82 Å². The van der Waals surface area contributed by atoms with E-state index in [0.717, 1.165) is 37.6 Å². The summed E-state index contributed by atoms with van der Waals surface area (Å²) in [6.45, 7) is 5.79. The molecular formula is C24H26ClFN4S2. The van der Waals surface area contributed by atoms with Crippen LogP contribution in [0.15, 0.2) is 66.0 Å². The molecule has 0 aliphatic carbocycles. The minimum Gasteiger partial charge on any atom is -0.369 e. The number of hydrogen-bond acceptors (Lipinski definition) is 4. The predicted octanol–water partition coefficient (Wildman–Crippen LogP) is 5.78. The molecule has 0 saturated carbocycles. The standard InChI is InChI=1S/C24H26ClFN4S2/c1-17(27-24(31)28-20-5-2-4-18(25)16-20)23(22-6-3-15-32-22)30-13-11-29(12-14-30)21-9-7-19(26)8-10-21/h2-10,15-17,23H,11-14H2,1H3,(H2,27,28,31)/t17-,23+/m0/s1. The van der Waals surface area contributed by atoms with Gasteiger partial charge in [0.1, 0.15) is 5.82 Å². The zero-order valence-corrected chi connectivity index (χ0v) is 20.2. The van der Waals surface area contributed by atoms with Gasteiger partial charge in [0.15, 0.2) is 5.11 Å². The van der Waals surface area contributed by atoms with Crippen molar-refractivity contribution in [1.82, 2.24) is 10.2 Å². The molecule has 2 N–H and O–H groups in total. The first-order valence-electron chi connectivity index (χ1n) is 10.6. The Morgan fingerprint density at radius 1 is 1.06 bits per heavy atom. The van der Waals surface area contributed by atoms with Crippen molar-refractivity contribution in [2.24, 2.45) is 0 Å². The summed E-state index contributed by atoms with van der Waals surface area (Å²) in [6.07, 6.45) is 0. The number of thiophene rings is 1. The topological polar surface area (TPSA) is 30.5 Å². The van der Waals surface area contributed by atoms with E-state index in [1.54, 1.807) is 11.3 Å². The lowest BCUT2D eigenvalue weighted by molar-refractivity contribution is 0.163. The Morgan fingerprint density at radius 3 is 2.47 bits per heavy atom. The summed E-state index contributed by atoms with van der Waals surface area (Å²) in [5, 5.41) is 10.1. The van der Waals surface area contributed by atoms with Crippen molar-refractivity contribution in [2.45, 2.75) is 19.0 Å². The third-order valence-corrected chi connectivity index (χ3v) is 7.05. The van der Waals surface area contributed by atoms with E-state index in [9.17, 15) is 4.39 Å². The lowest BCUT2D eigenvalue weighted by Crippen LogP contribution is -2.52. The van der Waals surface area contributed by atoms with E-state index in [1.165, 1.54) is 17.0 Å². The molecule has 0 spiro atoms. The van der Waals surface area contributed by atoms with Gasteiger partial charge >= 0.3 is 0 Å². The third-order valence-electron chi connectivity index (χ3n) is 5.65. The van der Waals surface area contributed by atoms with Gasteiger partial charge in [0.25, 0.3) is 0 Å². The molecule has 1 aliphatic rings. The molecule has 2 atom stereocenters. The normalized spacial score (nSPS) is 16.4. The van der Waals surface area contributed by atoms with Crippen molar-refractivity contribution in [3.63, 3.8) is 0 Å². The predicted molar refractivity (Wildman–Crippen MR) is 138 cm³/mol. The highest BCUT2D eigenvalue weighted by Gasteiger charge is 2.30. The first-order chi connectivity index (χ1) is 15.5. The number of hydrogen-bond donors (Lipinski definition) is 2. The Labute approximate surface area is 203 Å². The van der Waals surface area contributed by atoms with Crippen LogP contribution in [0.4, 0.5) is 15.8 Å². The molecule has 168 valence electrons. The Kier molecular flexibility index (Phi) is 7.63. The van der Waals surface area contributed by atoms with Crippen LogP contribution in [0.5, 0.6) is 0 Å². The summed E-state index contributed by atoms with van der Waals surface area (Å²) < 4.78 is 13.3. The number of anilines is 2. The van der Waals surface area contributed by atoms with Crippen LogP contribution >= 0.6 is 35.2 Å². The molecule has 0 amide bonds. The second-order valence-corrected chi connectivity index (χ2v) is 9.68. The average molecular weight is 489 g/mol. The van der Waals surface area contributed by atoms with Gasteiger partial charge in [-0.05, 0) is 73.1 Å². The molecule has 2 heterocycles. The molecular weight excluding hydrogens is 463 g/mol. The van der Waals surface area contributed by atoms with Crippen molar-refractivity contribution in [3.8, 4) is 0 Å². The van der Waals surface area contributed by atoms with Crippen LogP contribution in [0.25, 0.3) is 0 Å². The zero-order valence-electron chi connectivity index (χ0n) is 17.8. The maximum Gasteiger partial charge on any atom is 0.171 e. The molecule has 1 saturated heterocycles. The monoisotopic (exact) mass is 488 g/mol. The van der Waals surface area contributed by atoms with Gasteiger partial charge in [0, 0.05) is 53.5 Å². The first-order valence-corrected chi connectivity index (χ1v) is 12.3. The van der Waals surface area contributed by atoms with E-state index in [-0.39, 0.29) is 17.9 Å². The van der Waals surface area contributed by atoms with E-state index in [4.69, 9.17) is 23.8 Å². The summed E-state index contributed by atoms with van der Waals surface area (Å²) in [5.41, 5.74) is 1.93. The zero-order chi connectivity index (χ0) is 22.5. The summed E-state index contributed by atoms with van der Waals surface area (Å²) in [6, 6.07) is 18.9. The molecule has 4 rings (SSSR count). The van der Waals surface area contributed by atoms with Crippen molar-refractivity contribution in [2.75, 3.05) is 36.4 Å². The number of nitrogens with zero attached hydrogens (tertiary/aromatic N) is 2. The number of rotatable bonds is 6. The van der Waals surface area contributed by atoms with Crippen molar-refractivity contribution < 1.29 is 4.39 Å². The molecule has 3 aromatic rings. The van der Waals surface area contributed by atoms with Crippen LogP contribution < -0.4 is 15.5 Å². The molecule has 1 fully saturated rings. The number of thiocarbonyl (C=S) groups is 1. The van der Waals surface area contributed by atoms with Gasteiger partial charge in [0.05, 0.1) is 6.04 Å². The molecule has 0 bridgehead atoms. The number of halogens is 2. The maximum absolute atomic E-state index is 13.3. The summed E-state index contributed by atoms with van der Waals surface area (Å²) in [5.74, 6) is -0.201. The van der Waals surface area contributed by atoms with Crippen LogP contribution in [0.1, 0.15) is 17.8 Å². The minimum absolute atomic E-state index is 0.102. The molecule has 32 heavy (non-hydrogen) atoms. The van der Waals surface area contributed by atoms with Gasteiger partial charge in [-0.3, -0.25) is 4.90 Å². The van der Waals surface area contributed by atoms with E-state index in [1.807, 2.05) is 36.4 Å². The average Bonchev–Trinajstić information content (AvgIpc) is 3.29. The number of benzene rings is 2. The fraction of sp³-hybridized carbons (Fsp3) is 0.292. The van der Waals surface area contributed by atoms with Crippen LogP contribution in [-0.2, 0) is 0 Å². The molecule has 4 nitrogen and oxygen atoms in total. The van der Waals surface area contributed by atoms with E-state index in [0.29, 0.717) is 10.1 Å². The highest BCUT2D eigenvalue weighted by atomic mass is 35.5. The molecule has 0 radical (unpaired) electrons. The highest BCUT2D eigenvalue weighted by molar-refractivity contribution is 7.80. The SMILES string of the molecule is C[C@H](NC(=S)Nc1cccc(Cl)c1)[C@H](c1cccs1)N1CCN(c2ccc(F)cc2)CC1. The molecule has 2 aromatic carbocycles. The van der Waals surface area contributed by atoms with E-state index < -0.39 is 0 Å². The van der Waals surface area contributed by atoms with Gasteiger partial charge < -0.3 is 15.5 Å². The summed E-state index contributed by atoms with van der Waals surface area (Å²) >= 11 is 13.4. The van der Waals surface area contributed by atoms with Crippen LogP contribution in [-0.4, -0.2) is 42.2 Å².